The van der Waals surface area contributed by atoms with Crippen molar-refractivity contribution in [2.45, 2.75) is 13.5 Å². The van der Waals surface area contributed by atoms with Crippen LogP contribution in [0.25, 0.3) is 21.9 Å². The van der Waals surface area contributed by atoms with Crippen molar-refractivity contribution in [1.82, 2.24) is 0 Å². The number of aryl methyl sites for hydroxylation is 1. The number of fused-ring (bicyclic) bond motifs is 2. The first-order valence-corrected chi connectivity index (χ1v) is 7.98. The lowest BCUT2D eigenvalue weighted by Gasteiger charge is -2.13. The summed E-state index contributed by atoms with van der Waals surface area (Å²) in [5, 5.41) is 0.843. The highest BCUT2D eigenvalue weighted by Crippen LogP contribution is 2.42. The minimum absolute atomic E-state index is 0.0401. The van der Waals surface area contributed by atoms with E-state index in [0.717, 1.165) is 0 Å². The second kappa shape index (κ2) is 6.22. The molecule has 0 unspecified atom stereocenters. The Kier molecular flexibility index (Phi) is 3.88. The van der Waals surface area contributed by atoms with E-state index in [2.05, 4.69) is 0 Å². The Labute approximate surface area is 147 Å². The van der Waals surface area contributed by atoms with E-state index < -0.39 is 0 Å². The van der Waals surface area contributed by atoms with Crippen LogP contribution in [0.2, 0.25) is 0 Å². The van der Waals surface area contributed by atoms with Gasteiger partial charge in [0.1, 0.15) is 29.3 Å². The smallest absolute Gasteiger partial charge is 0.206 e. The van der Waals surface area contributed by atoms with Crippen LogP contribution >= 0.6 is 0 Å². The molecule has 0 amide bonds. The van der Waals surface area contributed by atoms with E-state index in [1.807, 2.05) is 0 Å². The predicted octanol–water partition coefficient (Wildman–Crippen LogP) is 4.57. The predicted molar refractivity (Wildman–Crippen MR) is 94.3 cm³/mol. The zero-order valence-corrected chi connectivity index (χ0v) is 14.2. The van der Waals surface area contributed by atoms with Gasteiger partial charge in [-0.1, -0.05) is 18.2 Å². The van der Waals surface area contributed by atoms with Crippen LogP contribution in [-0.4, -0.2) is 7.11 Å². The van der Waals surface area contributed by atoms with Gasteiger partial charge in [-0.2, -0.15) is 0 Å². The van der Waals surface area contributed by atoms with E-state index in [1.165, 1.54) is 25.5 Å². The highest BCUT2D eigenvalue weighted by Gasteiger charge is 2.23. The van der Waals surface area contributed by atoms with Gasteiger partial charge in [0, 0.05) is 11.6 Å². The lowest BCUT2D eigenvalue weighted by molar-refractivity contribution is 0.297. The minimum Gasteiger partial charge on any atom is -0.495 e. The Hall–Kier alpha value is -3.28. The normalized spacial score (nSPS) is 11.2. The van der Waals surface area contributed by atoms with Crippen LogP contribution in [0.1, 0.15) is 11.3 Å². The van der Waals surface area contributed by atoms with Crippen molar-refractivity contribution in [3.05, 3.63) is 70.0 Å². The van der Waals surface area contributed by atoms with E-state index in [-0.39, 0.29) is 34.6 Å². The molecule has 0 radical (unpaired) electrons. The van der Waals surface area contributed by atoms with Crippen molar-refractivity contribution in [3.63, 3.8) is 0 Å². The Morgan fingerprint density at radius 2 is 1.92 bits per heavy atom. The third-order valence-corrected chi connectivity index (χ3v) is 4.15. The molecule has 0 spiro atoms. The number of halogens is 1. The average Bonchev–Trinajstić information content (AvgIpc) is 3.09. The minimum atomic E-state index is -0.376. The molecule has 0 aliphatic heterocycles. The molecule has 0 N–H and O–H groups in total. The van der Waals surface area contributed by atoms with Crippen LogP contribution in [-0.2, 0) is 6.61 Å². The summed E-state index contributed by atoms with van der Waals surface area (Å²) in [4.78, 5) is 12.5. The van der Waals surface area contributed by atoms with Crippen molar-refractivity contribution >= 4 is 21.9 Å². The molecule has 0 aliphatic carbocycles. The van der Waals surface area contributed by atoms with Gasteiger partial charge < -0.3 is 18.3 Å². The summed E-state index contributed by atoms with van der Waals surface area (Å²) in [5.41, 5.74) is 0.718. The summed E-state index contributed by atoms with van der Waals surface area (Å²) in [6, 6.07) is 9.38. The second-order valence-corrected chi connectivity index (χ2v) is 5.83. The SMILES string of the molecule is COc1c2ccoc2c(OCc2ccccc2F)c2oc(C)cc(=O)c12. The molecule has 5 nitrogen and oxygen atoms in total. The van der Waals surface area contributed by atoms with Gasteiger partial charge in [-0.05, 0) is 19.1 Å². The molecule has 6 heteroatoms. The molecule has 26 heavy (non-hydrogen) atoms. The third-order valence-electron chi connectivity index (χ3n) is 4.15. The first-order chi connectivity index (χ1) is 12.6. The van der Waals surface area contributed by atoms with Crippen LogP contribution in [0.15, 0.2) is 56.3 Å². The van der Waals surface area contributed by atoms with E-state index in [0.29, 0.717) is 28.0 Å². The van der Waals surface area contributed by atoms with Gasteiger partial charge >= 0.3 is 0 Å². The first-order valence-electron chi connectivity index (χ1n) is 7.98. The maximum Gasteiger partial charge on any atom is 0.206 e. The van der Waals surface area contributed by atoms with Gasteiger partial charge in [0.15, 0.2) is 16.6 Å². The third kappa shape index (κ3) is 2.50. The van der Waals surface area contributed by atoms with Crippen LogP contribution in [0.5, 0.6) is 11.5 Å². The maximum atomic E-state index is 13.9. The monoisotopic (exact) mass is 354 g/mol. The number of rotatable bonds is 4. The second-order valence-electron chi connectivity index (χ2n) is 5.83. The van der Waals surface area contributed by atoms with Crippen molar-refractivity contribution in [3.8, 4) is 11.5 Å². The summed E-state index contributed by atoms with van der Waals surface area (Å²) in [5.74, 6) is 0.644. The maximum absolute atomic E-state index is 13.9. The zero-order chi connectivity index (χ0) is 18.3. The quantitative estimate of drug-likeness (QED) is 0.537. The van der Waals surface area contributed by atoms with Crippen molar-refractivity contribution in [2.24, 2.45) is 0 Å². The van der Waals surface area contributed by atoms with Crippen LogP contribution < -0.4 is 14.9 Å². The fraction of sp³-hybridized carbons (Fsp3) is 0.150. The van der Waals surface area contributed by atoms with Gasteiger partial charge in [-0.15, -0.1) is 0 Å². The molecule has 4 rings (SSSR count). The number of hydrogen-bond donors (Lipinski definition) is 0. The lowest BCUT2D eigenvalue weighted by atomic mass is 10.1. The average molecular weight is 354 g/mol. The molecule has 0 atom stereocenters. The van der Waals surface area contributed by atoms with Gasteiger partial charge in [0.2, 0.25) is 5.75 Å². The Balaban J connectivity index is 1.96. The fourth-order valence-electron chi connectivity index (χ4n) is 3.00. The van der Waals surface area contributed by atoms with E-state index in [9.17, 15) is 9.18 Å². The summed E-state index contributed by atoms with van der Waals surface area (Å²) < 4.78 is 36.5. The molecule has 4 aromatic rings. The molecule has 2 aromatic carbocycles. The molecule has 0 bridgehead atoms. The number of hydrogen-bond acceptors (Lipinski definition) is 5. The molecule has 2 heterocycles. The van der Waals surface area contributed by atoms with Crippen LogP contribution in [0.4, 0.5) is 4.39 Å². The molecule has 0 fully saturated rings. The fourth-order valence-corrected chi connectivity index (χ4v) is 3.00. The zero-order valence-electron chi connectivity index (χ0n) is 14.2. The van der Waals surface area contributed by atoms with Crippen molar-refractivity contribution in [2.75, 3.05) is 7.11 Å². The summed E-state index contributed by atoms with van der Waals surface area (Å²) in [7, 11) is 1.47. The van der Waals surface area contributed by atoms with E-state index in [1.54, 1.807) is 31.2 Å². The van der Waals surface area contributed by atoms with Gasteiger partial charge in [0.05, 0.1) is 18.8 Å². The van der Waals surface area contributed by atoms with Crippen molar-refractivity contribution in [1.29, 1.82) is 0 Å². The topological polar surface area (TPSA) is 61.8 Å². The summed E-state index contributed by atoms with van der Waals surface area (Å²) in [6.45, 7) is 1.63. The molecular formula is C20H15FO5. The Morgan fingerprint density at radius 1 is 1.12 bits per heavy atom. The van der Waals surface area contributed by atoms with E-state index >= 15 is 0 Å². The Bertz CT molecular complexity index is 1170. The van der Waals surface area contributed by atoms with Crippen LogP contribution in [0, 0.1) is 12.7 Å². The van der Waals surface area contributed by atoms with Crippen molar-refractivity contribution < 1.29 is 22.7 Å². The molecular weight excluding hydrogens is 339 g/mol. The number of benzene rings is 2. The molecule has 0 saturated carbocycles. The lowest BCUT2D eigenvalue weighted by Crippen LogP contribution is -2.06. The van der Waals surface area contributed by atoms with Gasteiger partial charge in [0.25, 0.3) is 0 Å². The number of furan rings is 1. The number of ether oxygens (including phenoxy) is 2. The van der Waals surface area contributed by atoms with Crippen LogP contribution in [0.3, 0.4) is 0 Å². The standard InChI is InChI=1S/C20H15FO5/c1-11-9-15(22)16-17(23-2)13-7-8-24-18(13)20(19(16)26-11)25-10-12-5-3-4-6-14(12)21/h3-9H,10H2,1-2H3. The molecule has 0 saturated heterocycles. The van der Waals surface area contributed by atoms with E-state index in [4.69, 9.17) is 18.3 Å². The van der Waals surface area contributed by atoms with Gasteiger partial charge in [-0.25, -0.2) is 4.39 Å². The highest BCUT2D eigenvalue weighted by atomic mass is 19.1. The Morgan fingerprint density at radius 3 is 2.69 bits per heavy atom. The molecule has 132 valence electrons. The summed E-state index contributed by atoms with van der Waals surface area (Å²) >= 11 is 0. The largest absolute Gasteiger partial charge is 0.495 e. The highest BCUT2D eigenvalue weighted by molar-refractivity contribution is 6.06. The first kappa shape index (κ1) is 16.2. The number of methoxy groups -OCH3 is 1. The molecule has 0 aliphatic rings. The molecule has 2 aromatic heterocycles. The summed E-state index contributed by atoms with van der Waals surface area (Å²) in [6.07, 6.45) is 1.47. The van der Waals surface area contributed by atoms with Gasteiger partial charge in [-0.3, -0.25) is 4.79 Å².